The highest BCUT2D eigenvalue weighted by Crippen LogP contribution is 2.42. The SMILES string of the molecule is C=C(C)C(=O)OCCOC(=O)c1ccccc1-c1c2cc(C)c(=[NH+]CC)cc-2oc2cc(NCC)c(C)cc12. The van der Waals surface area contributed by atoms with Crippen molar-refractivity contribution in [1.82, 2.24) is 0 Å². The molecule has 202 valence electrons. The minimum absolute atomic E-state index is 0.0471. The van der Waals surface area contributed by atoms with Crippen LogP contribution in [0.5, 0.6) is 0 Å². The lowest BCUT2D eigenvalue weighted by molar-refractivity contribution is -0.496. The van der Waals surface area contributed by atoms with Crippen molar-refractivity contribution in [2.24, 2.45) is 0 Å². The number of ether oxygens (including phenoxy) is 2. The topological polar surface area (TPSA) is 91.7 Å². The standard InChI is InChI=1S/C32H34N2O5/c1-7-33-26-17-28-24(15-20(26)5)30(25-16-21(6)27(34-8-2)18-29(25)39-28)22-11-9-10-12-23(22)32(36)38-14-13-37-31(35)19(3)4/h9-12,15-18,33H,3,7-8,13-14H2,1-2,4-6H3/p+1. The molecule has 0 aromatic heterocycles. The Morgan fingerprint density at radius 1 is 0.974 bits per heavy atom. The lowest BCUT2D eigenvalue weighted by Crippen LogP contribution is -2.76. The second kappa shape index (κ2) is 12.0. The summed E-state index contributed by atoms with van der Waals surface area (Å²) in [5.74, 6) is -0.307. The molecule has 2 aromatic carbocycles. The van der Waals surface area contributed by atoms with Gasteiger partial charge in [0.2, 0.25) is 5.36 Å². The molecule has 1 heterocycles. The molecular formula is C32H35N2O5+. The summed E-state index contributed by atoms with van der Waals surface area (Å²) in [7, 11) is 0. The first kappa shape index (κ1) is 27.6. The number of esters is 2. The second-order valence-electron chi connectivity index (χ2n) is 9.46. The summed E-state index contributed by atoms with van der Waals surface area (Å²) in [4.78, 5) is 28.3. The molecule has 39 heavy (non-hydrogen) atoms. The van der Waals surface area contributed by atoms with Crippen LogP contribution in [-0.4, -0.2) is 38.2 Å². The predicted molar refractivity (Wildman–Crippen MR) is 153 cm³/mol. The maximum absolute atomic E-state index is 13.3. The van der Waals surface area contributed by atoms with Crippen LogP contribution in [0.2, 0.25) is 0 Å². The van der Waals surface area contributed by atoms with Gasteiger partial charge in [0, 0.05) is 45.9 Å². The molecular weight excluding hydrogens is 492 g/mol. The Morgan fingerprint density at radius 3 is 2.44 bits per heavy atom. The Morgan fingerprint density at radius 2 is 1.72 bits per heavy atom. The van der Waals surface area contributed by atoms with E-state index in [9.17, 15) is 9.59 Å². The number of anilines is 1. The summed E-state index contributed by atoms with van der Waals surface area (Å²) in [6.45, 7) is 14.8. The molecule has 0 saturated heterocycles. The highest BCUT2D eigenvalue weighted by atomic mass is 16.6. The van der Waals surface area contributed by atoms with Crippen LogP contribution >= 0.6 is 0 Å². The van der Waals surface area contributed by atoms with Crippen LogP contribution < -0.4 is 15.7 Å². The first-order valence-electron chi connectivity index (χ1n) is 13.2. The highest BCUT2D eigenvalue weighted by molar-refractivity contribution is 6.08. The molecule has 0 radical (unpaired) electrons. The van der Waals surface area contributed by atoms with Crippen LogP contribution in [0.15, 0.2) is 65.1 Å². The number of rotatable bonds is 9. The van der Waals surface area contributed by atoms with Crippen molar-refractivity contribution in [3.63, 3.8) is 0 Å². The van der Waals surface area contributed by atoms with Crippen LogP contribution in [0, 0.1) is 13.8 Å². The Balaban J connectivity index is 1.88. The summed E-state index contributed by atoms with van der Waals surface area (Å²) in [5, 5.41) is 5.29. The lowest BCUT2D eigenvalue weighted by atomic mass is 9.89. The number of nitrogens with one attached hydrogen (secondary N) is 2. The molecule has 2 aliphatic rings. The third-order valence-corrected chi connectivity index (χ3v) is 6.46. The van der Waals surface area contributed by atoms with E-state index in [1.807, 2.05) is 30.3 Å². The quantitative estimate of drug-likeness (QED) is 0.144. The maximum Gasteiger partial charge on any atom is 0.338 e. The molecule has 7 heteroatoms. The summed E-state index contributed by atoms with van der Waals surface area (Å²) in [5.41, 5.74) is 7.08. The molecule has 2 aromatic rings. The number of fused-ring (bicyclic) bond motifs is 2. The van der Waals surface area contributed by atoms with E-state index in [1.165, 1.54) is 0 Å². The van der Waals surface area contributed by atoms with E-state index in [0.29, 0.717) is 22.5 Å². The Hall–Kier alpha value is -4.39. The average molecular weight is 528 g/mol. The molecule has 0 saturated carbocycles. The molecule has 0 spiro atoms. The van der Waals surface area contributed by atoms with Crippen molar-refractivity contribution in [2.75, 3.05) is 31.6 Å². The zero-order chi connectivity index (χ0) is 28.1. The lowest BCUT2D eigenvalue weighted by Gasteiger charge is -2.19. The normalized spacial score (nSPS) is 11.6. The van der Waals surface area contributed by atoms with Crippen molar-refractivity contribution >= 4 is 28.6 Å². The maximum atomic E-state index is 13.3. The van der Waals surface area contributed by atoms with E-state index in [0.717, 1.165) is 57.3 Å². The first-order valence-corrected chi connectivity index (χ1v) is 13.2. The van der Waals surface area contributed by atoms with Crippen molar-refractivity contribution in [2.45, 2.75) is 34.6 Å². The van der Waals surface area contributed by atoms with Gasteiger partial charge in [0.25, 0.3) is 0 Å². The second-order valence-corrected chi connectivity index (χ2v) is 9.46. The Labute approximate surface area is 228 Å². The van der Waals surface area contributed by atoms with Crippen molar-refractivity contribution in [1.29, 1.82) is 0 Å². The van der Waals surface area contributed by atoms with Crippen LogP contribution in [0.4, 0.5) is 5.69 Å². The molecule has 0 amide bonds. The van der Waals surface area contributed by atoms with E-state index in [-0.39, 0.29) is 13.2 Å². The van der Waals surface area contributed by atoms with Crippen LogP contribution in [-0.2, 0) is 14.3 Å². The van der Waals surface area contributed by atoms with Crippen LogP contribution in [0.3, 0.4) is 0 Å². The van der Waals surface area contributed by atoms with Crippen LogP contribution in [0.25, 0.3) is 33.4 Å². The molecule has 7 nitrogen and oxygen atoms in total. The summed E-state index contributed by atoms with van der Waals surface area (Å²) in [6.07, 6.45) is 0. The van der Waals surface area contributed by atoms with Crippen molar-refractivity contribution in [3.05, 3.63) is 82.7 Å². The van der Waals surface area contributed by atoms with Gasteiger partial charge in [-0.3, -0.25) is 0 Å². The average Bonchev–Trinajstić information content (AvgIpc) is 2.91. The van der Waals surface area contributed by atoms with Crippen LogP contribution in [0.1, 0.15) is 42.3 Å². The fourth-order valence-corrected chi connectivity index (χ4v) is 4.60. The smallest absolute Gasteiger partial charge is 0.338 e. The van der Waals surface area contributed by atoms with Gasteiger partial charge in [-0.25, -0.2) is 14.6 Å². The first-order chi connectivity index (χ1) is 18.7. The largest absolute Gasteiger partial charge is 0.459 e. The number of aryl methyl sites for hydroxylation is 2. The number of benzene rings is 3. The van der Waals surface area contributed by atoms with Gasteiger partial charge in [0.1, 0.15) is 31.1 Å². The van der Waals surface area contributed by atoms with E-state index < -0.39 is 11.9 Å². The fraction of sp³-hybridized carbons (Fsp3) is 0.281. The zero-order valence-electron chi connectivity index (χ0n) is 23.2. The van der Waals surface area contributed by atoms with Gasteiger partial charge in [-0.1, -0.05) is 24.8 Å². The van der Waals surface area contributed by atoms with E-state index in [2.05, 4.69) is 56.7 Å². The van der Waals surface area contributed by atoms with E-state index >= 15 is 0 Å². The number of carbonyl (C=O) groups excluding carboxylic acids is 2. The third-order valence-electron chi connectivity index (χ3n) is 6.46. The number of hydrogen-bond donors (Lipinski definition) is 2. The summed E-state index contributed by atoms with van der Waals surface area (Å²) in [6, 6.07) is 15.6. The minimum Gasteiger partial charge on any atom is -0.459 e. The fourth-order valence-electron chi connectivity index (χ4n) is 4.60. The molecule has 4 rings (SSSR count). The monoisotopic (exact) mass is 527 g/mol. The number of hydrogen-bond acceptors (Lipinski definition) is 6. The predicted octanol–water partition coefficient (Wildman–Crippen LogP) is 4.53. The van der Waals surface area contributed by atoms with Gasteiger partial charge in [-0.2, -0.15) is 0 Å². The summed E-state index contributed by atoms with van der Waals surface area (Å²) < 4.78 is 17.0. The molecule has 0 bridgehead atoms. The Kier molecular flexibility index (Phi) is 8.49. The Bertz CT molecular complexity index is 1600. The highest BCUT2D eigenvalue weighted by Gasteiger charge is 2.24. The van der Waals surface area contributed by atoms with Gasteiger partial charge in [0.05, 0.1) is 11.6 Å². The van der Waals surface area contributed by atoms with Gasteiger partial charge < -0.3 is 19.2 Å². The van der Waals surface area contributed by atoms with E-state index in [4.69, 9.17) is 13.9 Å². The molecule has 0 unspecified atom stereocenters. The minimum atomic E-state index is -0.517. The van der Waals surface area contributed by atoms with Gasteiger partial charge >= 0.3 is 11.9 Å². The number of carbonyl (C=O) groups is 2. The van der Waals surface area contributed by atoms with Crippen molar-refractivity contribution < 1.29 is 28.5 Å². The molecule has 0 atom stereocenters. The molecule has 2 N–H and O–H groups in total. The molecule has 0 fully saturated rings. The zero-order valence-corrected chi connectivity index (χ0v) is 23.2. The molecule has 1 aliphatic heterocycles. The van der Waals surface area contributed by atoms with Gasteiger partial charge in [0.15, 0.2) is 0 Å². The van der Waals surface area contributed by atoms with E-state index in [1.54, 1.807) is 13.0 Å². The molecule has 1 aliphatic carbocycles. The third kappa shape index (κ3) is 5.87. The summed E-state index contributed by atoms with van der Waals surface area (Å²) >= 11 is 0. The van der Waals surface area contributed by atoms with Gasteiger partial charge in [-0.05, 0) is 63.9 Å². The van der Waals surface area contributed by atoms with Gasteiger partial charge in [-0.15, -0.1) is 0 Å². The van der Waals surface area contributed by atoms with Crippen molar-refractivity contribution in [3.8, 4) is 22.5 Å².